The number of hydrogen-bond acceptors (Lipinski definition) is 11. The molecule has 7 unspecified atom stereocenters. The molecule has 0 bridgehead atoms. The number of unbranched alkanes of at least 4 members (excludes halogenated alkanes) is 33. The van der Waals surface area contributed by atoms with E-state index in [-0.39, 0.29) is 12.8 Å². The van der Waals surface area contributed by atoms with E-state index in [2.05, 4.69) is 19.2 Å². The van der Waals surface area contributed by atoms with Crippen molar-refractivity contribution in [3.63, 3.8) is 0 Å². The summed E-state index contributed by atoms with van der Waals surface area (Å²) in [6.07, 6.45) is 29.0. The Morgan fingerprint density at radius 2 is 0.750 bits per heavy atom. The highest BCUT2D eigenvalue weighted by atomic mass is 31.2. The van der Waals surface area contributed by atoms with Gasteiger partial charge >= 0.3 is 7.82 Å². The van der Waals surface area contributed by atoms with Crippen LogP contribution in [0, 0.1) is 0 Å². The van der Waals surface area contributed by atoms with Crippen LogP contribution in [0.4, 0.5) is 0 Å². The smallest absolute Gasteiger partial charge is 0.391 e. The predicted molar refractivity (Wildman–Crippen MR) is 257 cm³/mol. The van der Waals surface area contributed by atoms with Crippen molar-refractivity contribution in [2.24, 2.45) is 0 Å². The van der Waals surface area contributed by atoms with E-state index in [0.717, 1.165) is 44.9 Å². The molecule has 0 heterocycles. The summed E-state index contributed by atoms with van der Waals surface area (Å²) in [5.41, 5.74) is 0. The number of carbonyl (C=O) groups is 1. The molecular weight excluding hydrogens is 838 g/mol. The zero-order valence-electron chi connectivity index (χ0n) is 40.7. The maximum Gasteiger partial charge on any atom is 0.472 e. The molecule has 64 heavy (non-hydrogen) atoms. The molecule has 1 fully saturated rings. The third-order valence-electron chi connectivity index (χ3n) is 13.3. The van der Waals surface area contributed by atoms with Gasteiger partial charge in [-0.3, -0.25) is 13.8 Å². The van der Waals surface area contributed by atoms with Crippen LogP contribution in [-0.4, -0.2) is 108 Å². The number of amides is 1. The zero-order chi connectivity index (χ0) is 47.3. The Bertz CT molecular complexity index is 1110. The second kappa shape index (κ2) is 40.2. The minimum absolute atomic E-state index is 0.225. The lowest BCUT2D eigenvalue weighted by Crippen LogP contribution is -2.64. The Hall–Kier alpha value is -0.700. The van der Waals surface area contributed by atoms with Gasteiger partial charge in [-0.1, -0.05) is 239 Å². The van der Waals surface area contributed by atoms with Crippen LogP contribution in [0.1, 0.15) is 251 Å². The molecule has 382 valence electrons. The minimum Gasteiger partial charge on any atom is -0.391 e. The summed E-state index contributed by atoms with van der Waals surface area (Å²) < 4.78 is 23.0. The van der Waals surface area contributed by atoms with Gasteiger partial charge in [0.1, 0.15) is 42.7 Å². The van der Waals surface area contributed by atoms with Crippen LogP contribution in [0.3, 0.4) is 0 Å². The second-order valence-electron chi connectivity index (χ2n) is 19.2. The summed E-state index contributed by atoms with van der Waals surface area (Å²) in [5, 5.41) is 74.8. The van der Waals surface area contributed by atoms with Gasteiger partial charge in [0.05, 0.1) is 18.8 Å². The van der Waals surface area contributed by atoms with Crippen molar-refractivity contribution in [2.45, 2.75) is 306 Å². The Morgan fingerprint density at radius 3 is 1.08 bits per heavy atom. The van der Waals surface area contributed by atoms with E-state index >= 15 is 0 Å². The lowest BCUT2D eigenvalue weighted by atomic mass is 9.85. The van der Waals surface area contributed by atoms with Crippen LogP contribution >= 0.6 is 7.82 Å². The van der Waals surface area contributed by atoms with Gasteiger partial charge in [0, 0.05) is 0 Å². The van der Waals surface area contributed by atoms with Crippen molar-refractivity contribution in [1.82, 2.24) is 5.32 Å². The molecule has 1 rings (SSSR count). The van der Waals surface area contributed by atoms with Crippen molar-refractivity contribution >= 4 is 13.7 Å². The van der Waals surface area contributed by atoms with E-state index in [1.807, 2.05) is 0 Å². The lowest BCUT2D eigenvalue weighted by Gasteiger charge is -2.41. The summed E-state index contributed by atoms with van der Waals surface area (Å²) in [6.45, 7) is 3.78. The SMILES string of the molecule is CCCCCCCCCCCCCCCCCCCCCCCCC(O)C(=O)N[C@@H](COP(=O)(O)OC1C(O)C(O)C(O)[C@@H](O)C1O)[C@H](O)CCCCCCCCCCCCCCC. The normalized spacial score (nSPS) is 22.6. The van der Waals surface area contributed by atoms with Crippen molar-refractivity contribution in [3.8, 4) is 0 Å². The highest BCUT2D eigenvalue weighted by Crippen LogP contribution is 2.47. The maximum absolute atomic E-state index is 13.1. The molecule has 0 radical (unpaired) electrons. The van der Waals surface area contributed by atoms with E-state index in [9.17, 15) is 50.0 Å². The number of rotatable bonds is 45. The Labute approximate surface area is 389 Å². The molecule has 0 aromatic heterocycles. The summed E-state index contributed by atoms with van der Waals surface area (Å²) in [4.78, 5) is 23.6. The highest BCUT2D eigenvalue weighted by molar-refractivity contribution is 7.47. The molecule has 1 saturated carbocycles. The number of phosphoric acid groups is 1. The molecule has 1 amide bonds. The third kappa shape index (κ3) is 30.6. The van der Waals surface area contributed by atoms with Gasteiger partial charge in [0.25, 0.3) is 0 Å². The van der Waals surface area contributed by atoms with Crippen LogP contribution in [0.15, 0.2) is 0 Å². The van der Waals surface area contributed by atoms with Gasteiger partial charge in [-0.2, -0.15) is 0 Å². The fourth-order valence-electron chi connectivity index (χ4n) is 8.86. The van der Waals surface area contributed by atoms with E-state index in [0.29, 0.717) is 12.8 Å². The highest BCUT2D eigenvalue weighted by Gasteiger charge is 2.51. The zero-order valence-corrected chi connectivity index (χ0v) is 41.6. The van der Waals surface area contributed by atoms with Crippen molar-refractivity contribution in [1.29, 1.82) is 0 Å². The number of aliphatic hydroxyl groups is 7. The van der Waals surface area contributed by atoms with Crippen molar-refractivity contribution < 1.29 is 59.0 Å². The largest absolute Gasteiger partial charge is 0.472 e. The molecule has 0 aromatic rings. The van der Waals surface area contributed by atoms with Crippen LogP contribution < -0.4 is 5.32 Å². The molecule has 0 aromatic carbocycles. The van der Waals surface area contributed by atoms with Gasteiger partial charge < -0.3 is 46.0 Å². The van der Waals surface area contributed by atoms with Crippen LogP contribution in [0.5, 0.6) is 0 Å². The fourth-order valence-corrected chi connectivity index (χ4v) is 9.82. The number of aliphatic hydroxyl groups excluding tert-OH is 7. The van der Waals surface area contributed by atoms with Crippen LogP contribution in [-0.2, 0) is 18.4 Å². The van der Waals surface area contributed by atoms with Crippen molar-refractivity contribution in [2.75, 3.05) is 6.61 Å². The first-order valence-electron chi connectivity index (χ1n) is 26.6. The Kier molecular flexibility index (Phi) is 38.5. The summed E-state index contributed by atoms with van der Waals surface area (Å²) >= 11 is 0. The molecule has 0 spiro atoms. The topological polar surface area (TPSA) is 226 Å². The first-order chi connectivity index (χ1) is 30.9. The molecule has 10 atom stereocenters. The molecule has 0 saturated heterocycles. The number of phosphoric ester groups is 1. The van der Waals surface area contributed by atoms with E-state index in [1.54, 1.807) is 0 Å². The summed E-state index contributed by atoms with van der Waals surface area (Å²) in [6, 6.07) is -1.20. The fraction of sp³-hybridized carbons (Fsp3) is 0.980. The minimum atomic E-state index is -5.13. The Morgan fingerprint density at radius 1 is 0.469 bits per heavy atom. The van der Waals surface area contributed by atoms with E-state index in [1.165, 1.54) is 167 Å². The number of nitrogens with one attached hydrogen (secondary N) is 1. The van der Waals surface area contributed by atoms with Gasteiger partial charge in [-0.05, 0) is 12.8 Å². The molecular formula is C50H100NO12P. The van der Waals surface area contributed by atoms with Gasteiger partial charge in [-0.15, -0.1) is 0 Å². The Balaban J connectivity index is 2.39. The number of carbonyl (C=O) groups excluding carboxylic acids is 1. The predicted octanol–water partition coefficient (Wildman–Crippen LogP) is 9.99. The molecule has 1 aliphatic rings. The van der Waals surface area contributed by atoms with Crippen molar-refractivity contribution in [3.05, 3.63) is 0 Å². The standard InChI is InChI=1S/C50H100NO12P/c1-3-5-7-9-11-13-15-17-18-19-20-21-22-23-24-25-27-29-31-33-35-37-39-43(53)50(59)51-41(42(52)38-36-34-32-30-28-26-16-14-12-10-8-6-4-2)40-62-64(60,61)63-49-47(57)45(55)44(54)46(56)48(49)58/h41-49,52-58H,3-40H2,1-2H3,(H,51,59)(H,60,61)/t41-,42+,43?,44?,45+,46?,47?,48?,49?/m0/s1. The molecule has 0 aliphatic heterocycles. The van der Waals surface area contributed by atoms with E-state index in [4.69, 9.17) is 9.05 Å². The molecule has 9 N–H and O–H groups in total. The summed E-state index contributed by atoms with van der Waals surface area (Å²) in [7, 11) is -5.13. The molecule has 1 aliphatic carbocycles. The number of hydrogen-bond donors (Lipinski definition) is 9. The lowest BCUT2D eigenvalue weighted by molar-refractivity contribution is -0.220. The first-order valence-corrected chi connectivity index (χ1v) is 28.1. The average Bonchev–Trinajstić information content (AvgIpc) is 3.28. The van der Waals surface area contributed by atoms with Crippen LogP contribution in [0.25, 0.3) is 0 Å². The maximum atomic E-state index is 13.1. The van der Waals surface area contributed by atoms with Gasteiger partial charge in [0.2, 0.25) is 5.91 Å². The van der Waals surface area contributed by atoms with Gasteiger partial charge in [-0.25, -0.2) is 4.57 Å². The quantitative estimate of drug-likeness (QED) is 0.0205. The monoisotopic (exact) mass is 938 g/mol. The first kappa shape index (κ1) is 61.3. The average molecular weight is 938 g/mol. The van der Waals surface area contributed by atoms with Gasteiger partial charge in [0.15, 0.2) is 0 Å². The second-order valence-corrected chi connectivity index (χ2v) is 20.6. The molecule has 14 heteroatoms. The third-order valence-corrected chi connectivity index (χ3v) is 14.3. The molecule has 13 nitrogen and oxygen atoms in total. The van der Waals surface area contributed by atoms with E-state index < -0.39 is 75.2 Å². The van der Waals surface area contributed by atoms with Crippen LogP contribution in [0.2, 0.25) is 0 Å². The summed E-state index contributed by atoms with van der Waals surface area (Å²) in [5.74, 6) is -0.742.